The number of carboxylic acid groups (broad SMARTS) is 2. The first-order chi connectivity index (χ1) is 28.2. The summed E-state index contributed by atoms with van der Waals surface area (Å²) in [6, 6.07) is 12.5. The number of hydrogen-bond acceptors (Lipinski definition) is 6. The van der Waals surface area contributed by atoms with Gasteiger partial charge in [0.1, 0.15) is 11.6 Å². The average molecular weight is 841 g/mol. The van der Waals surface area contributed by atoms with E-state index in [4.69, 9.17) is 0 Å². The second-order valence-corrected chi connectivity index (χ2v) is 16.9. The minimum atomic E-state index is -0.943. The molecule has 0 unspecified atom stereocenters. The summed E-state index contributed by atoms with van der Waals surface area (Å²) in [7, 11) is 0. The second-order valence-electron chi connectivity index (χ2n) is 14.5. The lowest BCUT2D eigenvalue weighted by atomic mass is 9.98. The molecule has 59 heavy (non-hydrogen) atoms. The van der Waals surface area contributed by atoms with Gasteiger partial charge in [0, 0.05) is 85.9 Å². The maximum atomic E-state index is 13.4. The van der Waals surface area contributed by atoms with Crippen LogP contribution in [0, 0.1) is 25.5 Å². The van der Waals surface area contributed by atoms with E-state index in [0.29, 0.717) is 64.7 Å². The van der Waals surface area contributed by atoms with Gasteiger partial charge in [-0.1, -0.05) is 0 Å². The van der Waals surface area contributed by atoms with Crippen LogP contribution in [0.15, 0.2) is 92.0 Å². The molecule has 2 amide bonds. The van der Waals surface area contributed by atoms with Crippen LogP contribution in [0.2, 0.25) is 0 Å². The van der Waals surface area contributed by atoms with E-state index in [9.17, 15) is 38.2 Å². The van der Waals surface area contributed by atoms with Crippen LogP contribution in [0.5, 0.6) is 0 Å². The third-order valence-electron chi connectivity index (χ3n) is 10.7. The molecule has 4 aromatic rings. The first-order valence-electron chi connectivity index (χ1n) is 19.3. The van der Waals surface area contributed by atoms with Crippen LogP contribution < -0.4 is 10.6 Å². The summed E-state index contributed by atoms with van der Waals surface area (Å²) in [5.74, 6) is -1.59. The Bertz CT molecular complexity index is 2420. The van der Waals surface area contributed by atoms with Gasteiger partial charge in [-0.25, -0.2) is 8.78 Å². The molecule has 4 heterocycles. The Balaban J connectivity index is 1.28. The van der Waals surface area contributed by atoms with Gasteiger partial charge in [-0.05, 0) is 147 Å². The Hall–Kier alpha value is -5.60. The predicted molar refractivity (Wildman–Crippen MR) is 227 cm³/mol. The van der Waals surface area contributed by atoms with E-state index < -0.39 is 11.9 Å². The van der Waals surface area contributed by atoms with Gasteiger partial charge in [0.2, 0.25) is 0 Å². The number of benzene rings is 2. The Morgan fingerprint density at radius 3 is 1.53 bits per heavy atom. The maximum Gasteiger partial charge on any atom is 0.303 e. The number of allylic oxidation sites excluding steroid dienone is 2. The van der Waals surface area contributed by atoms with E-state index in [0.717, 1.165) is 54.6 Å². The monoisotopic (exact) mass is 840 g/mol. The van der Waals surface area contributed by atoms with Crippen molar-refractivity contribution in [1.29, 1.82) is 0 Å². The fraction of sp³-hybridized carbons (Fsp3) is 0.289. The number of halogens is 2. The van der Waals surface area contributed by atoms with Gasteiger partial charge in [-0.15, -0.1) is 23.5 Å². The van der Waals surface area contributed by atoms with Crippen molar-refractivity contribution in [1.82, 2.24) is 20.6 Å². The van der Waals surface area contributed by atoms with Gasteiger partial charge in [0.25, 0.3) is 11.8 Å². The minimum Gasteiger partial charge on any atom is -0.481 e. The number of aliphatic carboxylic acids is 2. The highest BCUT2D eigenvalue weighted by Gasteiger charge is 2.27. The highest BCUT2D eigenvalue weighted by molar-refractivity contribution is 7.99. The number of nitrogens with one attached hydrogen (secondary N) is 4. The third-order valence-corrected chi connectivity index (χ3v) is 12.8. The summed E-state index contributed by atoms with van der Waals surface area (Å²) in [5.41, 5.74) is 10.5. The molecule has 2 aromatic carbocycles. The molecular formula is C45H46F2N4O6S2. The number of carbonyl (C=O) groups is 4. The van der Waals surface area contributed by atoms with E-state index in [-0.39, 0.29) is 49.1 Å². The molecule has 0 atom stereocenters. The number of H-pyrrole nitrogens is 2. The van der Waals surface area contributed by atoms with Crippen molar-refractivity contribution in [3.8, 4) is 0 Å². The standard InChI is InChI=1S/C45H46F2N4O6S2/c1-24-32(13-15-42(52)53)39(48-36(24)21-38-26(3)35(45(57)50-38)18-20-59-31-11-7-29(47)8-12-31)23-40-33(14-16-43(54)55)25(2)37(49-40)22-41-34(27(4)44(56)51-41)17-19-58-30-9-5-28(46)6-10-30/h5-12,21-22,48-49H,13-20,23H2,1-4H3,(H,50,57)(H,51,56)(H,52,53)(H,54,55)/b38-21-,41-22-. The van der Waals surface area contributed by atoms with Crippen molar-refractivity contribution in [3.63, 3.8) is 0 Å². The first kappa shape index (κ1) is 43.0. The molecule has 0 radical (unpaired) electrons. The van der Waals surface area contributed by atoms with Crippen LogP contribution >= 0.6 is 23.5 Å². The topological polar surface area (TPSA) is 164 Å². The molecule has 0 bridgehead atoms. The lowest BCUT2D eigenvalue weighted by Crippen LogP contribution is -2.16. The molecule has 6 rings (SSSR count). The van der Waals surface area contributed by atoms with Crippen LogP contribution in [-0.2, 0) is 38.4 Å². The highest BCUT2D eigenvalue weighted by Crippen LogP contribution is 2.34. The van der Waals surface area contributed by atoms with Crippen molar-refractivity contribution in [3.05, 3.63) is 139 Å². The minimum absolute atomic E-state index is 0.103. The number of aromatic amines is 2. The van der Waals surface area contributed by atoms with E-state index in [1.807, 2.05) is 32.9 Å². The highest BCUT2D eigenvalue weighted by atomic mass is 32.2. The summed E-state index contributed by atoms with van der Waals surface area (Å²) in [5, 5.41) is 25.3. The van der Waals surface area contributed by atoms with Crippen molar-refractivity contribution in [2.24, 2.45) is 0 Å². The fourth-order valence-corrected chi connectivity index (χ4v) is 9.13. The molecule has 2 aliphatic rings. The number of amides is 2. The van der Waals surface area contributed by atoms with Crippen LogP contribution in [-0.4, -0.2) is 55.4 Å². The summed E-state index contributed by atoms with van der Waals surface area (Å²) < 4.78 is 26.8. The lowest BCUT2D eigenvalue weighted by Gasteiger charge is -2.07. The van der Waals surface area contributed by atoms with E-state index >= 15 is 0 Å². The van der Waals surface area contributed by atoms with Crippen molar-refractivity contribution in [2.75, 3.05) is 11.5 Å². The second kappa shape index (κ2) is 19.0. The smallest absolute Gasteiger partial charge is 0.303 e. The normalized spacial score (nSPS) is 15.6. The first-order valence-corrected chi connectivity index (χ1v) is 21.2. The number of hydrogen-bond donors (Lipinski definition) is 6. The summed E-state index contributed by atoms with van der Waals surface area (Å²) in [6.07, 6.45) is 5.44. The summed E-state index contributed by atoms with van der Waals surface area (Å²) in [6.45, 7) is 7.49. The molecule has 2 aromatic heterocycles. The Kier molecular flexibility index (Phi) is 13.8. The molecule has 2 aliphatic heterocycles. The Labute approximate surface area is 349 Å². The van der Waals surface area contributed by atoms with E-state index in [1.54, 1.807) is 43.0 Å². The number of carboxylic acids is 2. The summed E-state index contributed by atoms with van der Waals surface area (Å²) in [4.78, 5) is 58.4. The maximum absolute atomic E-state index is 13.4. The quantitative estimate of drug-likeness (QED) is 0.0542. The van der Waals surface area contributed by atoms with Crippen molar-refractivity contribution in [2.45, 2.75) is 82.4 Å². The van der Waals surface area contributed by atoms with E-state index in [1.165, 1.54) is 36.0 Å². The van der Waals surface area contributed by atoms with Gasteiger partial charge in [-0.3, -0.25) is 19.2 Å². The molecular weight excluding hydrogens is 795 g/mol. The SMILES string of the molecule is CC1=C(CCSc2ccc(F)cc2)/C(=C/c2[nH]c(Cc3[nH]c(/C=C4\NC(=O)C(CCSc5ccc(F)cc5)=C4C)c(C)c3CCC(=O)O)c(CCC(=O)O)c2C)NC1=O. The van der Waals surface area contributed by atoms with Gasteiger partial charge in [0.15, 0.2) is 0 Å². The number of rotatable bonds is 18. The van der Waals surface area contributed by atoms with Crippen molar-refractivity contribution < 1.29 is 38.2 Å². The van der Waals surface area contributed by atoms with E-state index in [2.05, 4.69) is 20.6 Å². The molecule has 0 spiro atoms. The number of carbonyl (C=O) groups excluding carboxylic acids is 2. The van der Waals surface area contributed by atoms with Gasteiger partial charge in [0.05, 0.1) is 0 Å². The molecule has 14 heteroatoms. The third kappa shape index (κ3) is 10.5. The number of thioether (sulfide) groups is 2. The Morgan fingerprint density at radius 1 is 0.610 bits per heavy atom. The molecule has 0 fully saturated rings. The molecule has 6 N–H and O–H groups in total. The zero-order valence-electron chi connectivity index (χ0n) is 33.2. The number of aromatic nitrogens is 2. The van der Waals surface area contributed by atoms with Gasteiger partial charge < -0.3 is 30.8 Å². The van der Waals surface area contributed by atoms with Crippen molar-refractivity contribution >= 4 is 59.4 Å². The molecule has 10 nitrogen and oxygen atoms in total. The fourth-order valence-electron chi connectivity index (χ4n) is 7.39. The average Bonchev–Trinajstić information content (AvgIpc) is 3.84. The molecule has 308 valence electrons. The Morgan fingerprint density at radius 2 is 1.05 bits per heavy atom. The van der Waals surface area contributed by atoms with Gasteiger partial charge in [-0.2, -0.15) is 0 Å². The van der Waals surface area contributed by atoms with Crippen LogP contribution in [0.25, 0.3) is 12.2 Å². The molecule has 0 saturated carbocycles. The molecule has 0 aliphatic carbocycles. The largest absolute Gasteiger partial charge is 0.481 e. The zero-order valence-corrected chi connectivity index (χ0v) is 34.9. The predicted octanol–water partition coefficient (Wildman–Crippen LogP) is 8.80. The zero-order chi connectivity index (χ0) is 42.4. The molecule has 0 saturated heterocycles. The van der Waals surface area contributed by atoms with Crippen LogP contribution in [0.4, 0.5) is 8.78 Å². The summed E-state index contributed by atoms with van der Waals surface area (Å²) >= 11 is 3.10. The van der Waals surface area contributed by atoms with Crippen LogP contribution in [0.1, 0.15) is 84.6 Å². The lowest BCUT2D eigenvalue weighted by molar-refractivity contribution is -0.138. The van der Waals surface area contributed by atoms with Crippen LogP contribution in [0.3, 0.4) is 0 Å². The van der Waals surface area contributed by atoms with Gasteiger partial charge >= 0.3 is 11.9 Å².